The normalized spacial score (nSPS) is 16.1. The molecule has 1 radical (unpaired) electrons. The summed E-state index contributed by atoms with van der Waals surface area (Å²) in [6, 6.07) is 0. The lowest BCUT2D eigenvalue weighted by molar-refractivity contribution is 1.64. The Morgan fingerprint density at radius 3 is 2.67 bits per heavy atom. The minimum absolute atomic E-state index is 0.917. The van der Waals surface area contributed by atoms with Crippen molar-refractivity contribution in [1.82, 2.24) is 0 Å². The van der Waals surface area contributed by atoms with Gasteiger partial charge in [0.1, 0.15) is 0 Å². The molecular weight excluding hydrogens is 108 g/mol. The minimum atomic E-state index is 0.917. The summed E-state index contributed by atoms with van der Waals surface area (Å²) in [5.41, 5.74) is 0.917. The largest absolute Gasteiger partial charge is 0.115 e. The van der Waals surface area contributed by atoms with Crippen LogP contribution in [-0.2, 0) is 0 Å². The predicted octanol–water partition coefficient (Wildman–Crippen LogP) is 1.88. The molecule has 0 saturated heterocycles. The minimum Gasteiger partial charge on any atom is -0.115 e. The van der Waals surface area contributed by atoms with Gasteiger partial charge in [-0.25, -0.2) is 0 Å². The van der Waals surface area contributed by atoms with E-state index >= 15 is 0 Å². The van der Waals surface area contributed by atoms with E-state index in [4.69, 9.17) is 6.42 Å². The van der Waals surface area contributed by atoms with Crippen molar-refractivity contribution in [2.24, 2.45) is 0 Å². The van der Waals surface area contributed by atoms with Crippen LogP contribution in [0.5, 0.6) is 0 Å². The SMILES string of the molecule is C#CC1=CC=CC=C[CH]1. The van der Waals surface area contributed by atoms with Crippen LogP contribution in [0.15, 0.2) is 36.0 Å². The Labute approximate surface area is 55.6 Å². The molecule has 0 bridgehead atoms. The highest BCUT2D eigenvalue weighted by Crippen LogP contribution is 2.02. The summed E-state index contributed by atoms with van der Waals surface area (Å²) in [4.78, 5) is 0. The lowest BCUT2D eigenvalue weighted by atomic mass is 10.2. The number of hydrogen-bond donors (Lipinski definition) is 0. The molecule has 0 heteroatoms. The second-order valence-corrected chi connectivity index (χ2v) is 1.70. The number of hydrogen-bond acceptors (Lipinski definition) is 0. The van der Waals surface area contributed by atoms with Gasteiger partial charge in [0.25, 0.3) is 0 Å². The van der Waals surface area contributed by atoms with Gasteiger partial charge in [-0.15, -0.1) is 6.42 Å². The average molecular weight is 115 g/mol. The quantitative estimate of drug-likeness (QED) is 0.423. The molecule has 0 saturated carbocycles. The van der Waals surface area contributed by atoms with Crippen molar-refractivity contribution in [3.63, 3.8) is 0 Å². The van der Waals surface area contributed by atoms with Crippen LogP contribution in [0.3, 0.4) is 0 Å². The fourth-order valence-electron chi connectivity index (χ4n) is 0.599. The van der Waals surface area contributed by atoms with Gasteiger partial charge in [0.05, 0.1) is 0 Å². The van der Waals surface area contributed by atoms with Gasteiger partial charge in [0, 0.05) is 12.0 Å². The molecule has 0 atom stereocenters. The predicted molar refractivity (Wildman–Crippen MR) is 39.5 cm³/mol. The molecule has 0 nitrogen and oxygen atoms in total. The van der Waals surface area contributed by atoms with E-state index in [2.05, 4.69) is 5.92 Å². The zero-order chi connectivity index (χ0) is 6.53. The molecule has 0 aromatic heterocycles. The summed E-state index contributed by atoms with van der Waals surface area (Å²) < 4.78 is 0. The second-order valence-electron chi connectivity index (χ2n) is 1.70. The second kappa shape index (κ2) is 2.94. The maximum absolute atomic E-state index is 5.16. The Kier molecular flexibility index (Phi) is 1.93. The van der Waals surface area contributed by atoms with Crippen LogP contribution in [-0.4, -0.2) is 0 Å². The Hall–Kier alpha value is -1.22. The molecule has 1 aliphatic rings. The highest BCUT2D eigenvalue weighted by atomic mass is 13.9. The van der Waals surface area contributed by atoms with Gasteiger partial charge in [-0.3, -0.25) is 0 Å². The first-order valence-electron chi connectivity index (χ1n) is 2.78. The Bertz CT molecular complexity index is 209. The van der Waals surface area contributed by atoms with E-state index in [9.17, 15) is 0 Å². The molecule has 0 amide bonds. The summed E-state index contributed by atoms with van der Waals surface area (Å²) in [5.74, 6) is 2.55. The fraction of sp³-hybridized carbons (Fsp3) is 0. The highest BCUT2D eigenvalue weighted by molar-refractivity contribution is 5.42. The summed E-state index contributed by atoms with van der Waals surface area (Å²) in [5, 5.41) is 0. The molecule has 0 heterocycles. The topological polar surface area (TPSA) is 0 Å². The molecule has 1 aliphatic carbocycles. The van der Waals surface area contributed by atoms with E-state index in [1.165, 1.54) is 0 Å². The molecule has 0 unspecified atom stereocenters. The highest BCUT2D eigenvalue weighted by Gasteiger charge is 1.87. The molecule has 0 aliphatic heterocycles. The van der Waals surface area contributed by atoms with E-state index in [-0.39, 0.29) is 0 Å². The average Bonchev–Trinajstić information content (AvgIpc) is 2.13. The maximum Gasteiger partial charge on any atom is 0.0211 e. The van der Waals surface area contributed by atoms with Gasteiger partial charge in [0.15, 0.2) is 0 Å². The molecule has 0 spiro atoms. The van der Waals surface area contributed by atoms with Crippen LogP contribution in [0, 0.1) is 18.8 Å². The smallest absolute Gasteiger partial charge is 0.0211 e. The van der Waals surface area contributed by atoms with Gasteiger partial charge in [0.2, 0.25) is 0 Å². The lowest BCUT2D eigenvalue weighted by Crippen LogP contribution is -1.72. The fourth-order valence-corrected chi connectivity index (χ4v) is 0.599. The van der Waals surface area contributed by atoms with Gasteiger partial charge in [-0.05, 0) is 0 Å². The van der Waals surface area contributed by atoms with Gasteiger partial charge < -0.3 is 0 Å². The monoisotopic (exact) mass is 115 g/mol. The van der Waals surface area contributed by atoms with Gasteiger partial charge in [-0.2, -0.15) is 0 Å². The van der Waals surface area contributed by atoms with Crippen LogP contribution in [0.1, 0.15) is 0 Å². The van der Waals surface area contributed by atoms with Crippen LogP contribution < -0.4 is 0 Å². The summed E-state index contributed by atoms with van der Waals surface area (Å²) in [7, 11) is 0. The number of allylic oxidation sites excluding steroid dienone is 6. The maximum atomic E-state index is 5.16. The molecule has 0 aromatic rings. The molecule has 43 valence electrons. The Morgan fingerprint density at radius 2 is 1.89 bits per heavy atom. The summed E-state index contributed by atoms with van der Waals surface area (Å²) in [6.07, 6.45) is 16.7. The van der Waals surface area contributed by atoms with Crippen molar-refractivity contribution < 1.29 is 0 Å². The van der Waals surface area contributed by atoms with Gasteiger partial charge >= 0.3 is 0 Å². The standard InChI is InChI=1S/C9H7/c1-2-9-7-5-3-4-6-8-9/h1,3-8H. The zero-order valence-corrected chi connectivity index (χ0v) is 5.04. The molecule has 9 heavy (non-hydrogen) atoms. The summed E-state index contributed by atoms with van der Waals surface area (Å²) in [6.45, 7) is 0. The molecule has 0 aromatic carbocycles. The third kappa shape index (κ3) is 1.62. The van der Waals surface area contributed by atoms with E-state index in [1.807, 2.05) is 36.8 Å². The van der Waals surface area contributed by atoms with E-state index in [0.717, 1.165) is 5.57 Å². The molecule has 0 fully saturated rings. The summed E-state index contributed by atoms with van der Waals surface area (Å²) >= 11 is 0. The van der Waals surface area contributed by atoms with Crippen molar-refractivity contribution in [2.45, 2.75) is 0 Å². The first-order valence-corrected chi connectivity index (χ1v) is 2.78. The van der Waals surface area contributed by atoms with Crippen molar-refractivity contribution >= 4 is 0 Å². The van der Waals surface area contributed by atoms with Crippen molar-refractivity contribution in [2.75, 3.05) is 0 Å². The number of rotatable bonds is 0. The van der Waals surface area contributed by atoms with E-state index in [1.54, 1.807) is 0 Å². The molecular formula is C9H7. The van der Waals surface area contributed by atoms with E-state index in [0.29, 0.717) is 0 Å². The molecule has 1 rings (SSSR count). The lowest BCUT2D eigenvalue weighted by Gasteiger charge is -1.85. The van der Waals surface area contributed by atoms with Crippen molar-refractivity contribution in [1.29, 1.82) is 0 Å². The first kappa shape index (κ1) is 5.91. The third-order valence-corrected chi connectivity index (χ3v) is 1.05. The molecule has 0 N–H and O–H groups in total. The van der Waals surface area contributed by atoms with Crippen LogP contribution in [0.4, 0.5) is 0 Å². The van der Waals surface area contributed by atoms with Crippen LogP contribution >= 0.6 is 0 Å². The zero-order valence-electron chi connectivity index (χ0n) is 5.04. The third-order valence-electron chi connectivity index (χ3n) is 1.05. The Morgan fingerprint density at radius 1 is 1.11 bits per heavy atom. The van der Waals surface area contributed by atoms with Crippen molar-refractivity contribution in [3.8, 4) is 12.3 Å². The van der Waals surface area contributed by atoms with Crippen molar-refractivity contribution in [3.05, 3.63) is 42.4 Å². The van der Waals surface area contributed by atoms with Crippen LogP contribution in [0.25, 0.3) is 0 Å². The number of terminal acetylenes is 1. The van der Waals surface area contributed by atoms with E-state index < -0.39 is 0 Å². The first-order chi connectivity index (χ1) is 4.43. The Balaban J connectivity index is 2.77. The van der Waals surface area contributed by atoms with Crippen LogP contribution in [0.2, 0.25) is 0 Å². The van der Waals surface area contributed by atoms with Gasteiger partial charge in [-0.1, -0.05) is 36.3 Å².